The SMILES string of the molecule is CNC(=O)CCC(=O)O[C@@H]1C(C)[C@H](c2cc(C)c(F)cc2F)O[C@@H]1COC(c1ccccc1)(c1ccc(OC)cc1)c1ccc(OC)cc1. The molecule has 0 radical (unpaired) electrons. The average Bonchev–Trinajstić information content (AvgIpc) is 3.43. The maximum absolute atomic E-state index is 15.3. The lowest BCUT2D eigenvalue weighted by atomic mass is 9.80. The van der Waals surface area contributed by atoms with Gasteiger partial charge in [0.05, 0.1) is 33.4 Å². The van der Waals surface area contributed by atoms with Crippen LogP contribution < -0.4 is 14.8 Å². The van der Waals surface area contributed by atoms with Gasteiger partial charge in [0, 0.05) is 31.0 Å². The molecule has 0 aromatic heterocycles. The van der Waals surface area contributed by atoms with E-state index in [-0.39, 0.29) is 36.5 Å². The Morgan fingerprint density at radius 3 is 1.94 bits per heavy atom. The van der Waals surface area contributed by atoms with Crippen LogP contribution in [0.3, 0.4) is 0 Å². The van der Waals surface area contributed by atoms with Gasteiger partial charge in [-0.05, 0) is 59.5 Å². The molecule has 4 aromatic rings. The lowest BCUT2D eigenvalue weighted by Gasteiger charge is -2.37. The van der Waals surface area contributed by atoms with Gasteiger partial charge in [-0.2, -0.15) is 0 Å². The average molecular weight is 674 g/mol. The number of amides is 1. The van der Waals surface area contributed by atoms with E-state index in [4.69, 9.17) is 23.7 Å². The van der Waals surface area contributed by atoms with Crippen molar-refractivity contribution in [2.75, 3.05) is 27.9 Å². The zero-order chi connectivity index (χ0) is 35.1. The lowest BCUT2D eigenvalue weighted by Crippen LogP contribution is -2.40. The molecule has 0 saturated carbocycles. The maximum Gasteiger partial charge on any atom is 0.306 e. The number of esters is 1. The van der Waals surface area contributed by atoms with E-state index in [1.807, 2.05) is 78.9 Å². The van der Waals surface area contributed by atoms with Gasteiger partial charge in [-0.15, -0.1) is 0 Å². The number of carbonyl (C=O) groups excluding carboxylic acids is 2. The number of hydrogen-bond acceptors (Lipinski definition) is 7. The molecule has 1 saturated heterocycles. The van der Waals surface area contributed by atoms with Crippen LogP contribution in [0.2, 0.25) is 0 Å². The van der Waals surface area contributed by atoms with Gasteiger partial charge in [0.25, 0.3) is 0 Å². The van der Waals surface area contributed by atoms with Crippen LogP contribution in [0.25, 0.3) is 0 Å². The van der Waals surface area contributed by atoms with E-state index in [1.54, 1.807) is 28.1 Å². The van der Waals surface area contributed by atoms with E-state index < -0.39 is 47.4 Å². The van der Waals surface area contributed by atoms with Crippen LogP contribution in [-0.2, 0) is 29.4 Å². The highest BCUT2D eigenvalue weighted by Crippen LogP contribution is 2.45. The van der Waals surface area contributed by atoms with Gasteiger partial charge in [0.2, 0.25) is 5.91 Å². The molecule has 49 heavy (non-hydrogen) atoms. The van der Waals surface area contributed by atoms with E-state index in [9.17, 15) is 14.0 Å². The van der Waals surface area contributed by atoms with E-state index in [0.717, 1.165) is 22.8 Å². The smallest absolute Gasteiger partial charge is 0.306 e. The standard InChI is InChI=1S/C39H41F2NO7/c1-24-21-31(33(41)22-32(24)40)37-25(2)38(49-36(44)20-19-35(43)42-3)34(48-37)23-47-39(26-9-7-6-8-10-26,27-11-15-29(45-4)16-12-27)28-13-17-30(46-5)18-14-28/h6-18,21-22,25,34,37-38H,19-20,23H2,1-5H3,(H,42,43)/t25?,34-,37-,38-/m1/s1. The van der Waals surface area contributed by atoms with Crippen LogP contribution in [0, 0.1) is 24.5 Å². The molecular formula is C39H41F2NO7. The van der Waals surface area contributed by atoms with Crippen molar-refractivity contribution >= 4 is 11.9 Å². The molecule has 1 aliphatic heterocycles. The molecule has 1 amide bonds. The molecule has 1 heterocycles. The molecule has 0 bridgehead atoms. The molecule has 0 aliphatic carbocycles. The third-order valence-electron chi connectivity index (χ3n) is 9.01. The number of methoxy groups -OCH3 is 2. The number of aryl methyl sites for hydroxylation is 1. The Balaban J connectivity index is 1.57. The molecule has 0 spiro atoms. The minimum Gasteiger partial charge on any atom is -0.497 e. The highest BCUT2D eigenvalue weighted by molar-refractivity contribution is 5.81. The van der Waals surface area contributed by atoms with Crippen molar-refractivity contribution in [3.05, 3.63) is 130 Å². The van der Waals surface area contributed by atoms with Gasteiger partial charge in [0.15, 0.2) is 0 Å². The molecule has 1 fully saturated rings. The summed E-state index contributed by atoms with van der Waals surface area (Å²) in [5.41, 5.74) is 1.59. The summed E-state index contributed by atoms with van der Waals surface area (Å²) >= 11 is 0. The molecule has 4 atom stereocenters. The highest BCUT2D eigenvalue weighted by atomic mass is 19.1. The van der Waals surface area contributed by atoms with Crippen LogP contribution in [0.15, 0.2) is 91.0 Å². The fourth-order valence-electron chi connectivity index (χ4n) is 6.30. The fraction of sp³-hybridized carbons (Fsp3) is 0.333. The molecule has 258 valence electrons. The highest BCUT2D eigenvalue weighted by Gasteiger charge is 2.48. The summed E-state index contributed by atoms with van der Waals surface area (Å²) in [6, 6.07) is 27.0. The minimum atomic E-state index is -1.20. The Morgan fingerprint density at radius 1 is 0.816 bits per heavy atom. The summed E-state index contributed by atoms with van der Waals surface area (Å²) in [6.07, 6.45) is -2.84. The predicted octanol–water partition coefficient (Wildman–Crippen LogP) is 6.81. The first-order valence-electron chi connectivity index (χ1n) is 16.1. The van der Waals surface area contributed by atoms with Gasteiger partial charge < -0.3 is 29.0 Å². The summed E-state index contributed by atoms with van der Waals surface area (Å²) in [7, 11) is 4.67. The van der Waals surface area contributed by atoms with Crippen molar-refractivity contribution in [3.63, 3.8) is 0 Å². The van der Waals surface area contributed by atoms with Crippen molar-refractivity contribution in [3.8, 4) is 11.5 Å². The Kier molecular flexibility index (Phi) is 11.3. The Morgan fingerprint density at radius 2 is 1.39 bits per heavy atom. The van der Waals surface area contributed by atoms with E-state index in [1.165, 1.54) is 13.1 Å². The largest absolute Gasteiger partial charge is 0.497 e. The fourth-order valence-corrected chi connectivity index (χ4v) is 6.30. The first-order valence-corrected chi connectivity index (χ1v) is 16.1. The van der Waals surface area contributed by atoms with Crippen LogP contribution in [-0.4, -0.2) is 52.0 Å². The molecule has 5 rings (SSSR count). The number of hydrogen-bond donors (Lipinski definition) is 1. The van der Waals surface area contributed by atoms with Gasteiger partial charge in [-0.3, -0.25) is 9.59 Å². The Hall–Kier alpha value is -4.80. The zero-order valence-electron chi connectivity index (χ0n) is 28.2. The van der Waals surface area contributed by atoms with Crippen molar-refractivity contribution in [1.82, 2.24) is 5.32 Å². The Labute approximate surface area is 285 Å². The molecule has 1 aliphatic rings. The summed E-state index contributed by atoms with van der Waals surface area (Å²) in [4.78, 5) is 24.9. The second-order valence-corrected chi connectivity index (χ2v) is 12.0. The van der Waals surface area contributed by atoms with E-state index in [0.29, 0.717) is 11.5 Å². The van der Waals surface area contributed by atoms with Crippen LogP contribution in [0.4, 0.5) is 8.78 Å². The number of benzene rings is 4. The number of nitrogens with one attached hydrogen (secondary N) is 1. The number of rotatable bonds is 13. The van der Waals surface area contributed by atoms with E-state index >= 15 is 4.39 Å². The van der Waals surface area contributed by atoms with Gasteiger partial charge in [-0.1, -0.05) is 61.5 Å². The first-order chi connectivity index (χ1) is 23.6. The summed E-state index contributed by atoms with van der Waals surface area (Å²) in [5.74, 6) is -1.57. The number of carbonyl (C=O) groups is 2. The normalized spacial score (nSPS) is 18.9. The summed E-state index contributed by atoms with van der Waals surface area (Å²) < 4.78 is 59.9. The molecular weight excluding hydrogens is 632 g/mol. The maximum atomic E-state index is 15.3. The van der Waals surface area contributed by atoms with Crippen LogP contribution >= 0.6 is 0 Å². The molecule has 1 unspecified atom stereocenters. The third-order valence-corrected chi connectivity index (χ3v) is 9.01. The summed E-state index contributed by atoms with van der Waals surface area (Å²) in [5, 5.41) is 2.49. The van der Waals surface area contributed by atoms with Gasteiger partial charge >= 0.3 is 5.97 Å². The summed E-state index contributed by atoms with van der Waals surface area (Å²) in [6.45, 7) is 3.24. The second-order valence-electron chi connectivity index (χ2n) is 12.0. The number of ether oxygens (including phenoxy) is 5. The van der Waals surface area contributed by atoms with E-state index in [2.05, 4.69) is 5.32 Å². The zero-order valence-corrected chi connectivity index (χ0v) is 28.2. The van der Waals surface area contributed by atoms with Crippen molar-refractivity contribution in [2.45, 2.75) is 50.6 Å². The van der Waals surface area contributed by atoms with Gasteiger partial charge in [-0.25, -0.2) is 8.78 Å². The third kappa shape index (κ3) is 7.60. The van der Waals surface area contributed by atoms with Crippen molar-refractivity contribution in [2.24, 2.45) is 5.92 Å². The van der Waals surface area contributed by atoms with Crippen molar-refractivity contribution in [1.29, 1.82) is 0 Å². The van der Waals surface area contributed by atoms with Crippen molar-refractivity contribution < 1.29 is 42.1 Å². The molecule has 4 aromatic carbocycles. The lowest BCUT2D eigenvalue weighted by molar-refractivity contribution is -0.157. The topological polar surface area (TPSA) is 92.3 Å². The monoisotopic (exact) mass is 673 g/mol. The predicted molar refractivity (Wildman–Crippen MR) is 179 cm³/mol. The Bertz CT molecular complexity index is 1680. The molecule has 8 nitrogen and oxygen atoms in total. The quantitative estimate of drug-likeness (QED) is 0.123. The van der Waals surface area contributed by atoms with Crippen LogP contribution in [0.5, 0.6) is 11.5 Å². The molecule has 10 heteroatoms. The first kappa shape index (κ1) is 35.5. The molecule has 1 N–H and O–H groups in total. The van der Waals surface area contributed by atoms with Crippen LogP contribution in [0.1, 0.15) is 53.7 Å². The number of halogens is 2. The second kappa shape index (κ2) is 15.6. The minimum absolute atomic E-state index is 0.0558. The van der Waals surface area contributed by atoms with Gasteiger partial charge in [0.1, 0.15) is 40.9 Å².